The van der Waals surface area contributed by atoms with Gasteiger partial charge in [-0.1, -0.05) is 11.2 Å². The van der Waals surface area contributed by atoms with E-state index in [1.165, 1.54) is 0 Å². The molecule has 134 valence electrons. The van der Waals surface area contributed by atoms with E-state index in [9.17, 15) is 4.79 Å². The van der Waals surface area contributed by atoms with Gasteiger partial charge in [-0.15, -0.1) is 34.5 Å². The molecule has 0 radical (unpaired) electrons. The highest BCUT2D eigenvalue weighted by molar-refractivity contribution is 7.13. The standard InChI is InChI=1S/C16H18Cl2N4O2S/c1-15(10-16(15,17)18)14(23)22-6-4-21(5-7-22)9-12-19-13(20-24-12)11-3-2-8-25-11/h2-3,8H,4-7,9-10H2,1H3. The van der Waals surface area contributed by atoms with Crippen molar-refractivity contribution in [3.8, 4) is 10.7 Å². The van der Waals surface area contributed by atoms with Crippen LogP contribution in [0.1, 0.15) is 19.2 Å². The molecule has 1 amide bonds. The summed E-state index contributed by atoms with van der Waals surface area (Å²) in [6.07, 6.45) is 0.523. The highest BCUT2D eigenvalue weighted by atomic mass is 35.5. The van der Waals surface area contributed by atoms with E-state index in [2.05, 4.69) is 15.0 Å². The van der Waals surface area contributed by atoms with Crippen molar-refractivity contribution in [2.45, 2.75) is 24.2 Å². The number of amides is 1. The van der Waals surface area contributed by atoms with Gasteiger partial charge in [-0.05, 0) is 24.8 Å². The minimum absolute atomic E-state index is 0.0509. The summed E-state index contributed by atoms with van der Waals surface area (Å²) in [6.45, 7) is 5.26. The molecule has 0 aromatic carbocycles. The van der Waals surface area contributed by atoms with E-state index in [1.807, 2.05) is 29.3 Å². The van der Waals surface area contributed by atoms with E-state index in [4.69, 9.17) is 27.7 Å². The Bertz CT molecular complexity index is 771. The lowest BCUT2D eigenvalue weighted by molar-refractivity contribution is -0.138. The summed E-state index contributed by atoms with van der Waals surface area (Å²) >= 11 is 13.8. The molecule has 2 aromatic heterocycles. The second kappa shape index (κ2) is 6.23. The van der Waals surface area contributed by atoms with Crippen LogP contribution in [0.5, 0.6) is 0 Å². The lowest BCUT2D eigenvalue weighted by atomic mass is 10.1. The monoisotopic (exact) mass is 400 g/mol. The minimum atomic E-state index is -0.914. The van der Waals surface area contributed by atoms with Crippen molar-refractivity contribution in [2.75, 3.05) is 26.2 Å². The average molecular weight is 401 g/mol. The summed E-state index contributed by atoms with van der Waals surface area (Å²) in [6, 6.07) is 3.93. The number of alkyl halides is 2. The van der Waals surface area contributed by atoms with Crippen molar-refractivity contribution in [2.24, 2.45) is 5.41 Å². The number of thiophene rings is 1. The molecule has 0 bridgehead atoms. The van der Waals surface area contributed by atoms with Gasteiger partial charge in [0.1, 0.15) is 4.33 Å². The van der Waals surface area contributed by atoms with Crippen LogP contribution in [0, 0.1) is 5.41 Å². The first-order valence-electron chi connectivity index (χ1n) is 8.15. The molecule has 9 heteroatoms. The van der Waals surface area contributed by atoms with Crippen LogP contribution in [0.15, 0.2) is 22.0 Å². The second-order valence-corrected chi connectivity index (χ2v) is 9.20. The quantitative estimate of drug-likeness (QED) is 0.737. The number of hydrogen-bond acceptors (Lipinski definition) is 6. The number of carbonyl (C=O) groups excluding carboxylic acids is 1. The van der Waals surface area contributed by atoms with Crippen LogP contribution >= 0.6 is 34.5 Å². The second-order valence-electron chi connectivity index (χ2n) is 6.77. The Labute approximate surface area is 159 Å². The van der Waals surface area contributed by atoms with Gasteiger partial charge in [-0.2, -0.15) is 4.98 Å². The van der Waals surface area contributed by atoms with Crippen LogP contribution in [0.3, 0.4) is 0 Å². The van der Waals surface area contributed by atoms with Crippen molar-refractivity contribution in [3.05, 3.63) is 23.4 Å². The maximum Gasteiger partial charge on any atom is 0.241 e. The van der Waals surface area contributed by atoms with Gasteiger partial charge < -0.3 is 9.42 Å². The number of piperazine rings is 1. The highest BCUT2D eigenvalue weighted by Gasteiger charge is 2.68. The highest BCUT2D eigenvalue weighted by Crippen LogP contribution is 2.64. The largest absolute Gasteiger partial charge is 0.340 e. The molecule has 1 atom stereocenters. The van der Waals surface area contributed by atoms with Gasteiger partial charge in [0, 0.05) is 26.2 Å². The van der Waals surface area contributed by atoms with Crippen molar-refractivity contribution in [1.82, 2.24) is 19.9 Å². The maximum atomic E-state index is 12.6. The number of aromatic nitrogens is 2. The zero-order valence-corrected chi connectivity index (χ0v) is 16.1. The summed E-state index contributed by atoms with van der Waals surface area (Å²) in [7, 11) is 0. The van der Waals surface area contributed by atoms with Crippen LogP contribution < -0.4 is 0 Å². The lowest BCUT2D eigenvalue weighted by Gasteiger charge is -2.35. The Hall–Kier alpha value is -1.15. The van der Waals surface area contributed by atoms with E-state index < -0.39 is 9.75 Å². The summed E-state index contributed by atoms with van der Waals surface area (Å²) in [5.74, 6) is 1.27. The van der Waals surface area contributed by atoms with E-state index in [0.29, 0.717) is 37.8 Å². The Morgan fingerprint density at radius 1 is 1.36 bits per heavy atom. The molecule has 6 nitrogen and oxygen atoms in total. The minimum Gasteiger partial charge on any atom is -0.340 e. The van der Waals surface area contributed by atoms with Crippen LogP contribution in [0.2, 0.25) is 0 Å². The summed E-state index contributed by atoms with van der Waals surface area (Å²) in [5, 5.41) is 6.01. The van der Waals surface area contributed by atoms with Gasteiger partial charge in [0.15, 0.2) is 0 Å². The molecule has 2 fully saturated rings. The molecule has 0 spiro atoms. The molecule has 25 heavy (non-hydrogen) atoms. The smallest absolute Gasteiger partial charge is 0.241 e. The summed E-state index contributed by atoms with van der Waals surface area (Å²) < 4.78 is 4.43. The van der Waals surface area contributed by atoms with Gasteiger partial charge in [-0.25, -0.2) is 0 Å². The first-order valence-corrected chi connectivity index (χ1v) is 9.79. The topological polar surface area (TPSA) is 62.5 Å². The Morgan fingerprint density at radius 3 is 2.68 bits per heavy atom. The number of carbonyl (C=O) groups is 1. The number of nitrogens with zero attached hydrogens (tertiary/aromatic N) is 4. The van der Waals surface area contributed by atoms with Crippen molar-refractivity contribution in [3.63, 3.8) is 0 Å². The fourth-order valence-corrected chi connectivity index (χ4v) is 4.45. The van der Waals surface area contributed by atoms with E-state index >= 15 is 0 Å². The molecule has 1 saturated heterocycles. The van der Waals surface area contributed by atoms with Gasteiger partial charge in [0.25, 0.3) is 0 Å². The Balaban J connectivity index is 1.32. The molecule has 0 N–H and O–H groups in total. The van der Waals surface area contributed by atoms with Crippen molar-refractivity contribution in [1.29, 1.82) is 0 Å². The fraction of sp³-hybridized carbons (Fsp3) is 0.562. The molecule has 1 saturated carbocycles. The zero-order chi connectivity index (χ0) is 17.7. The predicted molar refractivity (Wildman–Crippen MR) is 96.6 cm³/mol. The fourth-order valence-electron chi connectivity index (χ4n) is 3.11. The molecule has 1 aliphatic carbocycles. The summed E-state index contributed by atoms with van der Waals surface area (Å²) in [5.41, 5.74) is -0.639. The maximum absolute atomic E-state index is 12.6. The molecule has 3 heterocycles. The molecular formula is C16H18Cl2N4O2S. The lowest BCUT2D eigenvalue weighted by Crippen LogP contribution is -2.50. The number of halogens is 2. The van der Waals surface area contributed by atoms with Crippen LogP contribution in [0.4, 0.5) is 0 Å². The van der Waals surface area contributed by atoms with E-state index in [1.54, 1.807) is 11.3 Å². The Morgan fingerprint density at radius 2 is 2.08 bits per heavy atom. The first-order chi connectivity index (χ1) is 11.9. The third-order valence-corrected chi connectivity index (χ3v) is 6.93. The number of rotatable bonds is 4. The molecule has 1 aliphatic heterocycles. The Kier molecular flexibility index (Phi) is 4.30. The van der Waals surface area contributed by atoms with Crippen molar-refractivity contribution < 1.29 is 9.32 Å². The average Bonchev–Trinajstić information content (AvgIpc) is 3.07. The molecular weight excluding hydrogens is 383 g/mol. The molecule has 1 unspecified atom stereocenters. The van der Waals surface area contributed by atoms with E-state index in [-0.39, 0.29) is 5.91 Å². The van der Waals surface area contributed by atoms with Gasteiger partial charge >= 0.3 is 0 Å². The summed E-state index contributed by atoms with van der Waals surface area (Å²) in [4.78, 5) is 22.1. The zero-order valence-electron chi connectivity index (χ0n) is 13.7. The van der Waals surface area contributed by atoms with Crippen LogP contribution in [-0.4, -0.2) is 56.4 Å². The third kappa shape index (κ3) is 3.18. The number of hydrogen-bond donors (Lipinski definition) is 0. The van der Waals surface area contributed by atoms with Crippen LogP contribution in [0.25, 0.3) is 10.7 Å². The molecule has 2 aliphatic rings. The SMILES string of the molecule is CC1(C(=O)N2CCN(Cc3nc(-c4cccs4)no3)CC2)CC1(Cl)Cl. The molecule has 2 aromatic rings. The normalized spacial score (nSPS) is 26.0. The van der Waals surface area contributed by atoms with Gasteiger partial charge in [0.2, 0.25) is 17.6 Å². The molecule has 4 rings (SSSR count). The van der Waals surface area contributed by atoms with Gasteiger partial charge in [-0.3, -0.25) is 9.69 Å². The van der Waals surface area contributed by atoms with Crippen molar-refractivity contribution >= 4 is 40.4 Å². The first kappa shape index (κ1) is 17.3. The van der Waals surface area contributed by atoms with E-state index in [0.717, 1.165) is 18.0 Å². The van der Waals surface area contributed by atoms with Gasteiger partial charge in [0.05, 0.1) is 16.8 Å². The van der Waals surface area contributed by atoms with Crippen LogP contribution in [-0.2, 0) is 11.3 Å². The predicted octanol–water partition coefficient (Wildman–Crippen LogP) is 3.03. The third-order valence-electron chi connectivity index (χ3n) is 4.96.